The van der Waals surface area contributed by atoms with E-state index in [9.17, 15) is 13.6 Å². The van der Waals surface area contributed by atoms with Crippen LogP contribution in [0.25, 0.3) is 0 Å². The minimum Gasteiger partial charge on any atom is -0.342 e. The van der Waals surface area contributed by atoms with E-state index in [2.05, 4.69) is 5.92 Å². The topological polar surface area (TPSA) is 20.3 Å². The van der Waals surface area contributed by atoms with Gasteiger partial charge in [-0.2, -0.15) is 0 Å². The summed E-state index contributed by atoms with van der Waals surface area (Å²) >= 11 is 0. The van der Waals surface area contributed by atoms with Crippen molar-refractivity contribution in [3.05, 3.63) is 35.4 Å². The first-order valence-corrected chi connectivity index (χ1v) is 7.68. The molecule has 0 spiro atoms. The van der Waals surface area contributed by atoms with Crippen molar-refractivity contribution in [2.24, 2.45) is 5.92 Å². The summed E-state index contributed by atoms with van der Waals surface area (Å²) in [5.74, 6) is 3.13. The summed E-state index contributed by atoms with van der Waals surface area (Å²) in [6, 6.07) is 6.49. The van der Waals surface area contributed by atoms with Crippen LogP contribution < -0.4 is 0 Å². The highest BCUT2D eigenvalue weighted by atomic mass is 19.3. The Balaban J connectivity index is 1.81. The third kappa shape index (κ3) is 4.56. The molecule has 2 rings (SSSR count). The number of halogens is 2. The van der Waals surface area contributed by atoms with Gasteiger partial charge in [0.15, 0.2) is 0 Å². The van der Waals surface area contributed by atoms with Crippen LogP contribution in [-0.2, 0) is 11.2 Å². The molecule has 1 aromatic rings. The molecule has 0 aromatic heterocycles. The Morgan fingerprint density at radius 1 is 1.36 bits per heavy atom. The van der Waals surface area contributed by atoms with Crippen molar-refractivity contribution < 1.29 is 13.6 Å². The van der Waals surface area contributed by atoms with E-state index in [0.717, 1.165) is 37.9 Å². The van der Waals surface area contributed by atoms with E-state index in [4.69, 9.17) is 6.42 Å². The number of amides is 1. The predicted molar refractivity (Wildman–Crippen MR) is 82.5 cm³/mol. The Hall–Kier alpha value is -1.89. The Morgan fingerprint density at radius 3 is 2.73 bits per heavy atom. The molecule has 0 saturated carbocycles. The van der Waals surface area contributed by atoms with Gasteiger partial charge >= 0.3 is 0 Å². The molecular weight excluding hydrogens is 284 g/mol. The zero-order chi connectivity index (χ0) is 15.9. The first kappa shape index (κ1) is 16.5. The van der Waals surface area contributed by atoms with Crippen LogP contribution in [0.5, 0.6) is 0 Å². The molecule has 1 atom stereocenters. The number of carbonyl (C=O) groups is 1. The third-order valence-electron chi connectivity index (χ3n) is 4.11. The van der Waals surface area contributed by atoms with Crippen molar-refractivity contribution in [2.45, 2.75) is 38.5 Å². The van der Waals surface area contributed by atoms with E-state index in [-0.39, 0.29) is 11.5 Å². The minimum absolute atomic E-state index is 0.0560. The maximum atomic E-state index is 12.5. The summed E-state index contributed by atoms with van der Waals surface area (Å²) in [5, 5.41) is 0. The standard InChI is InChI=1S/C18H21F2NO/c1-2-3-4-5-17(22)21-11-10-15(13-21)12-14-6-8-16(9-7-14)18(19)20/h1,6-9,15,18H,3-5,10-13H2. The smallest absolute Gasteiger partial charge is 0.263 e. The highest BCUT2D eigenvalue weighted by Gasteiger charge is 2.25. The summed E-state index contributed by atoms with van der Waals surface area (Å²) in [7, 11) is 0. The van der Waals surface area contributed by atoms with Gasteiger partial charge in [-0.05, 0) is 30.7 Å². The average molecular weight is 305 g/mol. The molecule has 1 saturated heterocycles. The summed E-state index contributed by atoms with van der Waals surface area (Å²) in [6.07, 6.45) is 6.46. The molecular formula is C18H21F2NO. The van der Waals surface area contributed by atoms with Crippen molar-refractivity contribution in [1.29, 1.82) is 0 Å². The molecule has 1 heterocycles. The van der Waals surface area contributed by atoms with Crippen LogP contribution in [-0.4, -0.2) is 23.9 Å². The molecule has 0 aliphatic carbocycles. The van der Waals surface area contributed by atoms with E-state index >= 15 is 0 Å². The molecule has 1 aliphatic heterocycles. The Labute approximate surface area is 130 Å². The first-order valence-electron chi connectivity index (χ1n) is 7.68. The van der Waals surface area contributed by atoms with Crippen LogP contribution in [0.1, 0.15) is 43.2 Å². The maximum Gasteiger partial charge on any atom is 0.263 e. The van der Waals surface area contributed by atoms with E-state index in [1.54, 1.807) is 12.1 Å². The second-order valence-corrected chi connectivity index (χ2v) is 5.80. The monoisotopic (exact) mass is 305 g/mol. The van der Waals surface area contributed by atoms with Crippen molar-refractivity contribution in [3.8, 4) is 12.3 Å². The SMILES string of the molecule is C#CCCCC(=O)N1CCC(Cc2ccc(C(F)F)cc2)C1. The lowest BCUT2D eigenvalue weighted by Crippen LogP contribution is -2.28. The van der Waals surface area contributed by atoms with Gasteiger partial charge in [-0.15, -0.1) is 12.3 Å². The molecule has 22 heavy (non-hydrogen) atoms. The van der Waals surface area contributed by atoms with Crippen molar-refractivity contribution in [2.75, 3.05) is 13.1 Å². The van der Waals surface area contributed by atoms with Gasteiger partial charge in [0.2, 0.25) is 5.91 Å². The fourth-order valence-electron chi connectivity index (χ4n) is 2.86. The Bertz CT molecular complexity index is 533. The largest absolute Gasteiger partial charge is 0.342 e. The van der Waals surface area contributed by atoms with Crippen LogP contribution in [0.4, 0.5) is 8.78 Å². The van der Waals surface area contributed by atoms with Gasteiger partial charge in [0.05, 0.1) is 0 Å². The number of unbranched alkanes of at least 4 members (excludes halogenated alkanes) is 1. The van der Waals surface area contributed by atoms with E-state index in [1.807, 2.05) is 4.90 Å². The molecule has 4 heteroatoms. The van der Waals surface area contributed by atoms with Crippen LogP contribution >= 0.6 is 0 Å². The maximum absolute atomic E-state index is 12.5. The second kappa shape index (κ2) is 7.93. The zero-order valence-corrected chi connectivity index (χ0v) is 12.6. The van der Waals surface area contributed by atoms with Crippen LogP contribution in [0.2, 0.25) is 0 Å². The second-order valence-electron chi connectivity index (χ2n) is 5.80. The predicted octanol–water partition coefficient (Wildman–Crippen LogP) is 3.82. The van der Waals surface area contributed by atoms with Gasteiger partial charge in [-0.25, -0.2) is 8.78 Å². The molecule has 2 nitrogen and oxygen atoms in total. The Kier molecular flexibility index (Phi) is 5.94. The lowest BCUT2D eigenvalue weighted by molar-refractivity contribution is -0.130. The summed E-state index contributed by atoms with van der Waals surface area (Å²) in [6.45, 7) is 1.54. The number of nitrogens with zero attached hydrogens (tertiary/aromatic N) is 1. The molecule has 1 aliphatic rings. The van der Waals surface area contributed by atoms with Crippen molar-refractivity contribution in [1.82, 2.24) is 4.90 Å². The average Bonchev–Trinajstić information content (AvgIpc) is 2.96. The number of carbonyl (C=O) groups excluding carboxylic acids is 1. The number of hydrogen-bond donors (Lipinski definition) is 0. The van der Waals surface area contributed by atoms with Crippen molar-refractivity contribution in [3.63, 3.8) is 0 Å². The lowest BCUT2D eigenvalue weighted by Gasteiger charge is -2.16. The van der Waals surface area contributed by atoms with Gasteiger partial charge in [-0.3, -0.25) is 4.79 Å². The third-order valence-corrected chi connectivity index (χ3v) is 4.11. The van der Waals surface area contributed by atoms with Gasteiger partial charge in [0.1, 0.15) is 0 Å². The molecule has 1 unspecified atom stereocenters. The van der Waals surface area contributed by atoms with Crippen LogP contribution in [0, 0.1) is 18.3 Å². The van der Waals surface area contributed by atoms with E-state index in [0.29, 0.717) is 18.8 Å². The number of terminal acetylenes is 1. The zero-order valence-electron chi connectivity index (χ0n) is 12.6. The summed E-state index contributed by atoms with van der Waals surface area (Å²) < 4.78 is 25.0. The Morgan fingerprint density at radius 2 is 2.09 bits per heavy atom. The van der Waals surface area contributed by atoms with Gasteiger partial charge < -0.3 is 4.90 Å². The van der Waals surface area contributed by atoms with Crippen LogP contribution in [0.3, 0.4) is 0 Å². The van der Waals surface area contributed by atoms with E-state index in [1.165, 1.54) is 12.1 Å². The number of benzene rings is 1. The minimum atomic E-state index is -2.42. The molecule has 0 radical (unpaired) electrons. The van der Waals surface area contributed by atoms with Gasteiger partial charge in [0.25, 0.3) is 6.43 Å². The first-order chi connectivity index (χ1) is 10.6. The molecule has 1 aromatic carbocycles. The fraction of sp³-hybridized carbons (Fsp3) is 0.500. The highest BCUT2D eigenvalue weighted by Crippen LogP contribution is 2.24. The highest BCUT2D eigenvalue weighted by molar-refractivity contribution is 5.76. The number of rotatable bonds is 6. The van der Waals surface area contributed by atoms with Crippen LogP contribution in [0.15, 0.2) is 24.3 Å². The molecule has 0 N–H and O–H groups in total. The molecule has 1 amide bonds. The van der Waals surface area contributed by atoms with Gasteiger partial charge in [-0.1, -0.05) is 24.3 Å². The number of hydrogen-bond acceptors (Lipinski definition) is 1. The van der Waals surface area contributed by atoms with Crippen molar-refractivity contribution >= 4 is 5.91 Å². The molecule has 0 bridgehead atoms. The quantitative estimate of drug-likeness (QED) is 0.578. The number of alkyl halides is 2. The normalized spacial score (nSPS) is 17.7. The lowest BCUT2D eigenvalue weighted by atomic mass is 9.98. The molecule has 1 fully saturated rings. The summed E-state index contributed by atoms with van der Waals surface area (Å²) in [5.41, 5.74) is 1.11. The van der Waals surface area contributed by atoms with E-state index < -0.39 is 6.43 Å². The fourth-order valence-corrected chi connectivity index (χ4v) is 2.86. The number of likely N-dealkylation sites (tertiary alicyclic amines) is 1. The van der Waals surface area contributed by atoms with Gasteiger partial charge in [0, 0.05) is 31.5 Å². The summed E-state index contributed by atoms with van der Waals surface area (Å²) in [4.78, 5) is 13.9. The molecule has 118 valence electrons.